The molecule has 0 heterocycles. The second-order valence-corrected chi connectivity index (χ2v) is 8.43. The number of aliphatic carboxylic acids is 1. The predicted octanol–water partition coefficient (Wildman–Crippen LogP) is 3.67. The Balaban J connectivity index is 1.40. The molecule has 0 aliphatic heterocycles. The Bertz CT molecular complexity index is 960. The minimum atomic E-state index is -1.09. The lowest BCUT2D eigenvalue weighted by Gasteiger charge is -2.25. The van der Waals surface area contributed by atoms with E-state index in [1.165, 1.54) is 0 Å². The van der Waals surface area contributed by atoms with E-state index in [0.717, 1.165) is 41.5 Å². The van der Waals surface area contributed by atoms with E-state index < -0.39 is 24.5 Å². The van der Waals surface area contributed by atoms with Crippen molar-refractivity contribution in [3.63, 3.8) is 0 Å². The summed E-state index contributed by atoms with van der Waals surface area (Å²) in [5.74, 6) is -1.92. The second kappa shape index (κ2) is 9.85. The number of carboxylic acids is 1. The third-order valence-electron chi connectivity index (χ3n) is 6.41. The molecule has 2 aliphatic rings. The molecule has 3 N–H and O–H groups in total. The van der Waals surface area contributed by atoms with E-state index in [1.54, 1.807) is 0 Å². The highest BCUT2D eigenvalue weighted by atomic mass is 16.5. The van der Waals surface area contributed by atoms with Crippen molar-refractivity contribution in [2.45, 2.75) is 44.1 Å². The van der Waals surface area contributed by atoms with Gasteiger partial charge in [-0.15, -0.1) is 0 Å². The first-order chi connectivity index (χ1) is 15.5. The Morgan fingerprint density at radius 3 is 2.19 bits per heavy atom. The SMILES string of the molecule is O=C(O)CNC(=O)C1CCCCCC1NC(=O)OCC1c2ccccc2-c2ccccc21. The van der Waals surface area contributed by atoms with Crippen LogP contribution in [-0.4, -0.2) is 42.3 Å². The van der Waals surface area contributed by atoms with Crippen molar-refractivity contribution in [1.29, 1.82) is 0 Å². The van der Waals surface area contributed by atoms with Crippen molar-refractivity contribution in [2.24, 2.45) is 5.92 Å². The number of fused-ring (bicyclic) bond motifs is 3. The fraction of sp³-hybridized carbons (Fsp3) is 0.400. The Morgan fingerprint density at radius 2 is 1.53 bits per heavy atom. The molecule has 0 radical (unpaired) electrons. The summed E-state index contributed by atoms with van der Waals surface area (Å²) in [6.07, 6.45) is 3.47. The average molecular weight is 437 g/mol. The van der Waals surface area contributed by atoms with Gasteiger partial charge in [0.2, 0.25) is 5.91 Å². The number of carbonyl (C=O) groups excluding carboxylic acids is 2. The molecule has 4 rings (SSSR count). The van der Waals surface area contributed by atoms with Gasteiger partial charge >= 0.3 is 12.1 Å². The number of rotatable bonds is 6. The quantitative estimate of drug-likeness (QED) is 0.599. The van der Waals surface area contributed by atoms with Crippen LogP contribution in [0.2, 0.25) is 0 Å². The molecule has 2 aromatic rings. The maximum atomic E-state index is 12.7. The second-order valence-electron chi connectivity index (χ2n) is 8.43. The van der Waals surface area contributed by atoms with Gasteiger partial charge in [0.25, 0.3) is 0 Å². The zero-order valence-corrected chi connectivity index (χ0v) is 17.9. The first-order valence-corrected chi connectivity index (χ1v) is 11.2. The normalized spacial score (nSPS) is 19.9. The van der Waals surface area contributed by atoms with E-state index in [2.05, 4.69) is 34.9 Å². The smallest absolute Gasteiger partial charge is 0.407 e. The Labute approximate surface area is 187 Å². The van der Waals surface area contributed by atoms with Gasteiger partial charge in [-0.05, 0) is 35.1 Å². The largest absolute Gasteiger partial charge is 0.480 e. The van der Waals surface area contributed by atoms with E-state index in [9.17, 15) is 14.4 Å². The Morgan fingerprint density at radius 1 is 0.906 bits per heavy atom. The number of carbonyl (C=O) groups is 3. The molecule has 0 aromatic heterocycles. The summed E-state index contributed by atoms with van der Waals surface area (Å²) in [7, 11) is 0. The zero-order chi connectivity index (χ0) is 22.5. The van der Waals surface area contributed by atoms with Crippen molar-refractivity contribution < 1.29 is 24.2 Å². The number of hydrogen-bond donors (Lipinski definition) is 3. The number of carboxylic acid groups (broad SMARTS) is 1. The van der Waals surface area contributed by atoms with Gasteiger partial charge in [-0.1, -0.05) is 67.8 Å². The molecule has 7 heteroatoms. The monoisotopic (exact) mass is 436 g/mol. The van der Waals surface area contributed by atoms with Crippen molar-refractivity contribution in [3.05, 3.63) is 59.7 Å². The molecule has 32 heavy (non-hydrogen) atoms. The van der Waals surface area contributed by atoms with Gasteiger partial charge in [-0.3, -0.25) is 9.59 Å². The van der Waals surface area contributed by atoms with E-state index in [0.29, 0.717) is 12.8 Å². The number of alkyl carbamates (subject to hydrolysis) is 1. The number of hydrogen-bond acceptors (Lipinski definition) is 4. The van der Waals surface area contributed by atoms with Gasteiger partial charge < -0.3 is 20.5 Å². The molecule has 168 valence electrons. The fourth-order valence-electron chi connectivity index (χ4n) is 4.88. The van der Waals surface area contributed by atoms with Crippen molar-refractivity contribution >= 4 is 18.0 Å². The Kier molecular flexibility index (Phi) is 6.73. The summed E-state index contributed by atoms with van der Waals surface area (Å²) in [6, 6.07) is 15.9. The van der Waals surface area contributed by atoms with Crippen LogP contribution in [0.25, 0.3) is 11.1 Å². The van der Waals surface area contributed by atoms with Crippen LogP contribution in [0.3, 0.4) is 0 Å². The van der Waals surface area contributed by atoms with Crippen LogP contribution < -0.4 is 10.6 Å². The van der Waals surface area contributed by atoms with Gasteiger partial charge in [-0.2, -0.15) is 0 Å². The van der Waals surface area contributed by atoms with Crippen LogP contribution in [0.1, 0.15) is 49.1 Å². The number of amides is 2. The highest BCUT2D eigenvalue weighted by Crippen LogP contribution is 2.44. The molecule has 1 saturated carbocycles. The van der Waals surface area contributed by atoms with Crippen molar-refractivity contribution in [1.82, 2.24) is 10.6 Å². The summed E-state index contributed by atoms with van der Waals surface area (Å²) in [6.45, 7) is -0.213. The molecular weight excluding hydrogens is 408 g/mol. The van der Waals surface area contributed by atoms with Crippen molar-refractivity contribution in [3.8, 4) is 11.1 Å². The molecular formula is C25H28N2O5. The van der Waals surface area contributed by atoms with Crippen LogP contribution in [0, 0.1) is 5.92 Å². The fourth-order valence-corrected chi connectivity index (χ4v) is 4.88. The molecule has 0 bridgehead atoms. The van der Waals surface area contributed by atoms with Gasteiger partial charge in [0, 0.05) is 12.0 Å². The van der Waals surface area contributed by atoms with Crippen molar-refractivity contribution in [2.75, 3.05) is 13.2 Å². The Hall–Kier alpha value is -3.35. The number of ether oxygens (including phenoxy) is 1. The first-order valence-electron chi connectivity index (χ1n) is 11.2. The summed E-state index contributed by atoms with van der Waals surface area (Å²) in [4.78, 5) is 36.0. The summed E-state index contributed by atoms with van der Waals surface area (Å²) >= 11 is 0. The molecule has 0 spiro atoms. The summed E-state index contributed by atoms with van der Waals surface area (Å²) in [5.41, 5.74) is 4.61. The van der Waals surface area contributed by atoms with E-state index in [4.69, 9.17) is 9.84 Å². The third-order valence-corrected chi connectivity index (χ3v) is 6.41. The highest BCUT2D eigenvalue weighted by Gasteiger charge is 2.33. The minimum Gasteiger partial charge on any atom is -0.480 e. The lowest BCUT2D eigenvalue weighted by molar-refractivity contribution is -0.138. The predicted molar refractivity (Wildman–Crippen MR) is 119 cm³/mol. The molecule has 2 atom stereocenters. The number of benzene rings is 2. The third kappa shape index (κ3) is 4.77. The van der Waals surface area contributed by atoms with Gasteiger partial charge in [-0.25, -0.2) is 4.79 Å². The molecule has 2 aromatic carbocycles. The lowest BCUT2D eigenvalue weighted by atomic mass is 9.94. The molecule has 7 nitrogen and oxygen atoms in total. The van der Waals surface area contributed by atoms with Crippen LogP contribution >= 0.6 is 0 Å². The molecule has 0 saturated heterocycles. The van der Waals surface area contributed by atoms with Gasteiger partial charge in [0.05, 0.1) is 5.92 Å². The minimum absolute atomic E-state index is 0.0306. The van der Waals surface area contributed by atoms with Crippen LogP contribution in [0.4, 0.5) is 4.79 Å². The standard InChI is InChI=1S/C25H28N2O5/c28-23(29)14-26-24(30)20-12-2-1-3-13-22(20)27-25(31)32-15-21-18-10-6-4-8-16(18)17-9-5-7-11-19(17)21/h4-11,20-22H,1-3,12-15H2,(H,26,30)(H,27,31)(H,28,29). The summed E-state index contributed by atoms with van der Waals surface area (Å²) < 4.78 is 5.63. The first kappa shape index (κ1) is 21.9. The van der Waals surface area contributed by atoms with Gasteiger partial charge in [0.1, 0.15) is 13.2 Å². The van der Waals surface area contributed by atoms with E-state index in [1.807, 2.05) is 24.3 Å². The van der Waals surface area contributed by atoms with E-state index in [-0.39, 0.29) is 24.5 Å². The van der Waals surface area contributed by atoms with Gasteiger partial charge in [0.15, 0.2) is 0 Å². The van der Waals surface area contributed by atoms with Crippen LogP contribution in [0.5, 0.6) is 0 Å². The molecule has 2 aliphatic carbocycles. The van der Waals surface area contributed by atoms with Crippen LogP contribution in [0.15, 0.2) is 48.5 Å². The lowest BCUT2D eigenvalue weighted by Crippen LogP contribution is -2.47. The number of nitrogens with one attached hydrogen (secondary N) is 2. The van der Waals surface area contributed by atoms with E-state index >= 15 is 0 Å². The highest BCUT2D eigenvalue weighted by molar-refractivity contribution is 5.84. The molecule has 1 fully saturated rings. The maximum absolute atomic E-state index is 12.7. The average Bonchev–Trinajstić information content (AvgIpc) is 2.93. The zero-order valence-electron chi connectivity index (χ0n) is 17.9. The molecule has 2 amide bonds. The molecule has 2 unspecified atom stereocenters. The van der Waals surface area contributed by atoms with Crippen LogP contribution in [-0.2, 0) is 14.3 Å². The topological polar surface area (TPSA) is 105 Å². The maximum Gasteiger partial charge on any atom is 0.407 e. The summed E-state index contributed by atoms with van der Waals surface area (Å²) in [5, 5.41) is 14.2.